The highest BCUT2D eigenvalue weighted by Gasteiger charge is 2.26. The molecule has 0 spiro atoms. The molecule has 0 aliphatic heterocycles. The molecule has 1 heterocycles. The fraction of sp³-hybridized carbons (Fsp3) is 0.667. The van der Waals surface area contributed by atoms with E-state index in [9.17, 15) is 0 Å². The Balaban J connectivity index is 2.00. The highest BCUT2D eigenvalue weighted by molar-refractivity contribution is 7.16. The fourth-order valence-electron chi connectivity index (χ4n) is 1.64. The lowest BCUT2D eigenvalue weighted by Gasteiger charge is -2.22. The Morgan fingerprint density at radius 3 is 2.81 bits per heavy atom. The fourth-order valence-corrected chi connectivity index (χ4v) is 2.82. The summed E-state index contributed by atoms with van der Waals surface area (Å²) in [5.41, 5.74) is 6.10. The molecule has 1 saturated carbocycles. The molecule has 0 amide bonds. The minimum Gasteiger partial charge on any atom is -0.371 e. The first-order valence-electron chi connectivity index (χ1n) is 5.83. The molecule has 2 rings (SSSR count). The molecule has 4 heteroatoms. The number of halogens is 1. The monoisotopic (exact) mass is 259 g/mol. The van der Waals surface area contributed by atoms with Crippen LogP contribution in [0.5, 0.6) is 0 Å². The van der Waals surface area contributed by atoms with E-state index in [-0.39, 0.29) is 12.1 Å². The highest BCUT2D eigenvalue weighted by atomic mass is 35.5. The molecule has 0 saturated heterocycles. The summed E-state index contributed by atoms with van der Waals surface area (Å²) >= 11 is 7.52. The van der Waals surface area contributed by atoms with Crippen LogP contribution in [0.1, 0.15) is 37.2 Å². The van der Waals surface area contributed by atoms with E-state index in [1.54, 1.807) is 11.3 Å². The summed E-state index contributed by atoms with van der Waals surface area (Å²) in [5.74, 6) is 0.766. The van der Waals surface area contributed by atoms with E-state index in [0.29, 0.717) is 0 Å². The van der Waals surface area contributed by atoms with E-state index in [4.69, 9.17) is 22.1 Å². The molecule has 2 atom stereocenters. The van der Waals surface area contributed by atoms with Crippen LogP contribution in [0.2, 0.25) is 4.34 Å². The predicted octanol–water partition coefficient (Wildman–Crippen LogP) is 3.61. The van der Waals surface area contributed by atoms with Gasteiger partial charge in [-0.25, -0.2) is 0 Å². The zero-order valence-electron chi connectivity index (χ0n) is 9.49. The van der Waals surface area contributed by atoms with Gasteiger partial charge in [-0.15, -0.1) is 11.3 Å². The van der Waals surface area contributed by atoms with Crippen molar-refractivity contribution in [3.05, 3.63) is 21.3 Å². The first-order valence-corrected chi connectivity index (χ1v) is 7.02. The summed E-state index contributed by atoms with van der Waals surface area (Å²) in [6, 6.07) is 4.01. The molecule has 1 aliphatic rings. The average molecular weight is 260 g/mol. The number of hydrogen-bond donors (Lipinski definition) is 1. The molecule has 0 radical (unpaired) electrons. The summed E-state index contributed by atoms with van der Waals surface area (Å²) in [5, 5.41) is 0. The molecule has 1 aliphatic carbocycles. The van der Waals surface area contributed by atoms with Crippen LogP contribution in [-0.2, 0) is 4.74 Å². The van der Waals surface area contributed by atoms with Crippen molar-refractivity contribution >= 4 is 22.9 Å². The largest absolute Gasteiger partial charge is 0.371 e. The van der Waals surface area contributed by atoms with Gasteiger partial charge in [0.1, 0.15) is 6.10 Å². The van der Waals surface area contributed by atoms with Gasteiger partial charge in [-0.05, 0) is 37.3 Å². The molecular weight excluding hydrogens is 242 g/mol. The van der Waals surface area contributed by atoms with E-state index in [0.717, 1.165) is 28.2 Å². The Labute approximate surface area is 106 Å². The second-order valence-electron chi connectivity index (χ2n) is 4.41. The molecule has 2 N–H and O–H groups in total. The lowest BCUT2D eigenvalue weighted by molar-refractivity contribution is 0.0291. The second-order valence-corrected chi connectivity index (χ2v) is 6.16. The first-order chi connectivity index (χ1) is 7.70. The van der Waals surface area contributed by atoms with Crippen LogP contribution < -0.4 is 5.73 Å². The van der Waals surface area contributed by atoms with Gasteiger partial charge in [0.2, 0.25) is 0 Å². The molecule has 0 bridgehead atoms. The number of nitrogens with two attached hydrogens (primary N) is 1. The van der Waals surface area contributed by atoms with Gasteiger partial charge >= 0.3 is 0 Å². The van der Waals surface area contributed by atoms with Crippen LogP contribution >= 0.6 is 22.9 Å². The Morgan fingerprint density at radius 1 is 1.56 bits per heavy atom. The summed E-state index contributed by atoms with van der Waals surface area (Å²) < 4.78 is 6.75. The van der Waals surface area contributed by atoms with Gasteiger partial charge in [-0.1, -0.05) is 18.5 Å². The van der Waals surface area contributed by atoms with Crippen LogP contribution in [0.25, 0.3) is 0 Å². The molecule has 90 valence electrons. The molecular formula is C12H18ClNOS. The number of ether oxygens (including phenoxy) is 1. The molecule has 2 nitrogen and oxygen atoms in total. The minimum absolute atomic E-state index is 0.0168. The lowest BCUT2D eigenvalue weighted by Crippen LogP contribution is -2.29. The van der Waals surface area contributed by atoms with Crippen molar-refractivity contribution < 1.29 is 4.74 Å². The molecule has 16 heavy (non-hydrogen) atoms. The predicted molar refractivity (Wildman–Crippen MR) is 69.0 cm³/mol. The maximum absolute atomic E-state index is 6.10. The summed E-state index contributed by atoms with van der Waals surface area (Å²) in [6.07, 6.45) is 3.55. The maximum Gasteiger partial charge on any atom is 0.107 e. The molecule has 2 unspecified atom stereocenters. The van der Waals surface area contributed by atoms with Gasteiger partial charge < -0.3 is 10.5 Å². The summed E-state index contributed by atoms with van der Waals surface area (Å²) in [7, 11) is 0. The third-order valence-corrected chi connectivity index (χ3v) is 4.24. The van der Waals surface area contributed by atoms with Crippen molar-refractivity contribution in [2.24, 2.45) is 11.7 Å². The zero-order chi connectivity index (χ0) is 11.5. The third kappa shape index (κ3) is 3.20. The van der Waals surface area contributed by atoms with Gasteiger partial charge in [0.15, 0.2) is 0 Å². The molecule has 0 aromatic carbocycles. The third-order valence-electron chi connectivity index (χ3n) is 2.94. The van der Waals surface area contributed by atoms with E-state index in [1.807, 2.05) is 12.1 Å². The van der Waals surface area contributed by atoms with Crippen LogP contribution in [0.15, 0.2) is 12.1 Å². The number of thiophene rings is 1. The summed E-state index contributed by atoms with van der Waals surface area (Å²) in [6.45, 7) is 2.93. The second kappa shape index (κ2) is 5.50. The van der Waals surface area contributed by atoms with E-state index >= 15 is 0 Å². The normalized spacial score (nSPS) is 19.7. The van der Waals surface area contributed by atoms with Gasteiger partial charge in [0.25, 0.3) is 0 Å². The molecule has 1 fully saturated rings. The van der Waals surface area contributed by atoms with E-state index in [1.165, 1.54) is 12.8 Å². The van der Waals surface area contributed by atoms with Gasteiger partial charge in [-0.2, -0.15) is 0 Å². The first kappa shape index (κ1) is 12.4. The van der Waals surface area contributed by atoms with Crippen molar-refractivity contribution in [3.8, 4) is 0 Å². The number of hydrogen-bond acceptors (Lipinski definition) is 3. The maximum atomic E-state index is 6.10. The van der Waals surface area contributed by atoms with Gasteiger partial charge in [0.05, 0.1) is 10.9 Å². The topological polar surface area (TPSA) is 35.2 Å². The quantitative estimate of drug-likeness (QED) is 0.847. The van der Waals surface area contributed by atoms with Crippen molar-refractivity contribution in [1.29, 1.82) is 0 Å². The Kier molecular flexibility index (Phi) is 4.25. The van der Waals surface area contributed by atoms with E-state index in [2.05, 4.69) is 6.92 Å². The van der Waals surface area contributed by atoms with Crippen LogP contribution in [0.4, 0.5) is 0 Å². The lowest BCUT2D eigenvalue weighted by atomic mass is 10.1. The van der Waals surface area contributed by atoms with E-state index < -0.39 is 0 Å². The smallest absolute Gasteiger partial charge is 0.107 e. The van der Waals surface area contributed by atoms with Crippen molar-refractivity contribution in [3.63, 3.8) is 0 Å². The van der Waals surface area contributed by atoms with Crippen LogP contribution in [-0.4, -0.2) is 12.6 Å². The minimum atomic E-state index is 0.0168. The zero-order valence-corrected chi connectivity index (χ0v) is 11.1. The van der Waals surface area contributed by atoms with Crippen LogP contribution in [0, 0.1) is 5.92 Å². The molecule has 1 aromatic rings. The molecule has 1 aromatic heterocycles. The Hall–Kier alpha value is -0.0900. The van der Waals surface area contributed by atoms with Gasteiger partial charge in [0, 0.05) is 10.9 Å². The van der Waals surface area contributed by atoms with Crippen molar-refractivity contribution in [2.75, 3.05) is 6.61 Å². The van der Waals surface area contributed by atoms with Crippen LogP contribution in [0.3, 0.4) is 0 Å². The van der Waals surface area contributed by atoms with Crippen molar-refractivity contribution in [1.82, 2.24) is 0 Å². The standard InChI is InChI=1S/C12H18ClNOS/c1-2-9(14)12(15-7-8-3-4-8)10-5-6-11(13)16-10/h5-6,8-9,12H,2-4,7,14H2,1H3. The SMILES string of the molecule is CCC(N)C(OCC1CC1)c1ccc(Cl)s1. The van der Waals surface area contributed by atoms with Gasteiger partial charge in [-0.3, -0.25) is 0 Å². The average Bonchev–Trinajstić information content (AvgIpc) is 3.01. The summed E-state index contributed by atoms with van der Waals surface area (Å²) in [4.78, 5) is 1.15. The van der Waals surface area contributed by atoms with Crippen molar-refractivity contribution in [2.45, 2.75) is 38.3 Å². The Bertz CT molecular complexity index is 338. The highest BCUT2D eigenvalue weighted by Crippen LogP contribution is 2.35. The Morgan fingerprint density at radius 2 is 2.31 bits per heavy atom. The number of rotatable bonds is 6.